The van der Waals surface area contributed by atoms with Crippen molar-refractivity contribution in [1.29, 1.82) is 0 Å². The molecule has 2 amide bonds. The van der Waals surface area contributed by atoms with Crippen LogP contribution in [0.15, 0.2) is 17.5 Å². The minimum absolute atomic E-state index is 0.0268. The summed E-state index contributed by atoms with van der Waals surface area (Å²) in [5, 5.41) is 4.68. The largest absolute Gasteiger partial charge is 0.344 e. The van der Waals surface area contributed by atoms with Crippen molar-refractivity contribution in [3.8, 4) is 0 Å². The molecule has 6 heteroatoms. The lowest BCUT2D eigenvalue weighted by Crippen LogP contribution is -2.49. The molecular weight excluding hydrogens is 280 g/mol. The van der Waals surface area contributed by atoms with Crippen molar-refractivity contribution in [2.24, 2.45) is 0 Å². The molecule has 19 heavy (non-hydrogen) atoms. The van der Waals surface area contributed by atoms with Crippen molar-refractivity contribution in [2.75, 3.05) is 5.75 Å². The maximum absolute atomic E-state index is 12.5. The number of nitrogens with one attached hydrogen (secondary N) is 1. The molecule has 1 heterocycles. The molecule has 1 unspecified atom stereocenters. The van der Waals surface area contributed by atoms with Crippen molar-refractivity contribution < 1.29 is 9.59 Å². The molecule has 1 aliphatic carbocycles. The maximum Gasteiger partial charge on any atom is 0.246 e. The van der Waals surface area contributed by atoms with Gasteiger partial charge in [-0.2, -0.15) is 12.6 Å². The number of amides is 2. The molecule has 0 aromatic carbocycles. The van der Waals surface area contributed by atoms with Crippen LogP contribution in [0.2, 0.25) is 0 Å². The maximum atomic E-state index is 12.5. The normalized spacial score (nSPS) is 15.9. The van der Waals surface area contributed by atoms with Crippen LogP contribution < -0.4 is 5.32 Å². The summed E-state index contributed by atoms with van der Waals surface area (Å²) in [6, 6.07) is 3.81. The molecule has 1 aromatic rings. The zero-order valence-electron chi connectivity index (χ0n) is 10.8. The molecule has 1 saturated carbocycles. The second-order valence-electron chi connectivity index (χ2n) is 4.71. The predicted octanol–water partition coefficient (Wildman–Crippen LogP) is 1.67. The van der Waals surface area contributed by atoms with E-state index in [4.69, 9.17) is 0 Å². The highest BCUT2D eigenvalue weighted by Gasteiger charge is 2.35. The third-order valence-corrected chi connectivity index (χ3v) is 4.26. The Balaban J connectivity index is 2.05. The third-order valence-electron chi connectivity index (χ3n) is 3.04. The van der Waals surface area contributed by atoms with Crippen molar-refractivity contribution in [1.82, 2.24) is 10.2 Å². The summed E-state index contributed by atoms with van der Waals surface area (Å²) in [5.74, 6) is 0.104. The monoisotopic (exact) mass is 298 g/mol. The van der Waals surface area contributed by atoms with Gasteiger partial charge in [0.25, 0.3) is 0 Å². The van der Waals surface area contributed by atoms with Crippen LogP contribution in [0, 0.1) is 0 Å². The van der Waals surface area contributed by atoms with E-state index in [-0.39, 0.29) is 11.8 Å². The molecule has 0 spiro atoms. The lowest BCUT2D eigenvalue weighted by molar-refractivity contribution is -0.136. The first kappa shape index (κ1) is 14.4. The van der Waals surface area contributed by atoms with E-state index in [1.165, 1.54) is 11.8 Å². The zero-order chi connectivity index (χ0) is 13.8. The summed E-state index contributed by atoms with van der Waals surface area (Å²) in [4.78, 5) is 26.7. The van der Waals surface area contributed by atoms with Crippen LogP contribution in [0.25, 0.3) is 0 Å². The number of carbonyl (C=O) groups is 2. The van der Waals surface area contributed by atoms with Crippen LogP contribution in [0.4, 0.5) is 0 Å². The Morgan fingerprint density at radius 2 is 2.32 bits per heavy atom. The van der Waals surface area contributed by atoms with Gasteiger partial charge in [0.05, 0.1) is 6.54 Å². The molecule has 0 bridgehead atoms. The molecule has 1 atom stereocenters. The SMILES string of the molecule is CC(=O)NC(CS)C(=O)N(Cc1cccs1)C1CC1. The standard InChI is InChI=1S/C13H18N2O2S2/c1-9(16)14-12(8-18)13(17)15(10-4-5-10)7-11-3-2-6-19-11/h2-3,6,10,12,18H,4-5,7-8H2,1H3,(H,14,16). The van der Waals surface area contributed by atoms with Gasteiger partial charge in [-0.3, -0.25) is 9.59 Å². The fraction of sp³-hybridized carbons (Fsp3) is 0.538. The number of thiophene rings is 1. The van der Waals surface area contributed by atoms with Crippen LogP contribution in [0.1, 0.15) is 24.6 Å². The summed E-state index contributed by atoms with van der Waals surface area (Å²) in [5.41, 5.74) is 0. The highest BCUT2D eigenvalue weighted by molar-refractivity contribution is 7.80. The van der Waals surface area contributed by atoms with Crippen LogP contribution >= 0.6 is 24.0 Å². The predicted molar refractivity (Wildman–Crippen MR) is 79.3 cm³/mol. The molecule has 0 radical (unpaired) electrons. The third kappa shape index (κ3) is 3.98. The number of hydrogen-bond donors (Lipinski definition) is 2. The van der Waals surface area contributed by atoms with E-state index < -0.39 is 6.04 Å². The number of nitrogens with zero attached hydrogens (tertiary/aromatic N) is 1. The average molecular weight is 298 g/mol. The van der Waals surface area contributed by atoms with Crippen LogP contribution in [-0.4, -0.2) is 34.6 Å². The summed E-state index contributed by atoms with van der Waals surface area (Å²) in [7, 11) is 0. The van der Waals surface area contributed by atoms with E-state index in [1.807, 2.05) is 22.4 Å². The Hall–Kier alpha value is -1.01. The van der Waals surface area contributed by atoms with E-state index in [9.17, 15) is 9.59 Å². The Morgan fingerprint density at radius 3 is 2.79 bits per heavy atom. The van der Waals surface area contributed by atoms with Crippen LogP contribution in [0.5, 0.6) is 0 Å². The first-order valence-corrected chi connectivity index (χ1v) is 7.84. The van der Waals surface area contributed by atoms with Crippen LogP contribution in [0.3, 0.4) is 0 Å². The summed E-state index contributed by atoms with van der Waals surface area (Å²) in [6.45, 7) is 2.05. The van der Waals surface area contributed by atoms with Crippen LogP contribution in [-0.2, 0) is 16.1 Å². The lowest BCUT2D eigenvalue weighted by atomic mass is 10.2. The minimum atomic E-state index is -0.526. The zero-order valence-corrected chi connectivity index (χ0v) is 12.5. The molecule has 2 rings (SSSR count). The number of rotatable bonds is 6. The second-order valence-corrected chi connectivity index (χ2v) is 6.11. The van der Waals surface area contributed by atoms with Gasteiger partial charge in [-0.05, 0) is 24.3 Å². The summed E-state index contributed by atoms with van der Waals surface area (Å²) < 4.78 is 0. The van der Waals surface area contributed by atoms with Gasteiger partial charge in [0.1, 0.15) is 6.04 Å². The van der Waals surface area contributed by atoms with Gasteiger partial charge >= 0.3 is 0 Å². The molecule has 0 saturated heterocycles. The van der Waals surface area contributed by atoms with Crippen molar-refractivity contribution in [3.63, 3.8) is 0 Å². The van der Waals surface area contributed by atoms with Gasteiger partial charge in [0, 0.05) is 23.6 Å². The molecule has 0 aliphatic heterocycles. The number of hydrogen-bond acceptors (Lipinski definition) is 4. The second kappa shape index (κ2) is 6.43. The van der Waals surface area contributed by atoms with E-state index in [0.29, 0.717) is 18.3 Å². The van der Waals surface area contributed by atoms with E-state index in [0.717, 1.165) is 12.8 Å². The molecule has 1 N–H and O–H groups in total. The fourth-order valence-electron chi connectivity index (χ4n) is 1.97. The highest BCUT2D eigenvalue weighted by Crippen LogP contribution is 2.29. The molecule has 1 fully saturated rings. The smallest absolute Gasteiger partial charge is 0.246 e. The average Bonchev–Trinajstić information content (AvgIpc) is 3.09. The van der Waals surface area contributed by atoms with Gasteiger partial charge in [-0.1, -0.05) is 6.07 Å². The van der Waals surface area contributed by atoms with Gasteiger partial charge in [-0.15, -0.1) is 11.3 Å². The summed E-state index contributed by atoms with van der Waals surface area (Å²) in [6.07, 6.45) is 2.10. The van der Waals surface area contributed by atoms with Crippen molar-refractivity contribution in [2.45, 2.75) is 38.4 Å². The Kier molecular flexibility index (Phi) is 4.87. The minimum Gasteiger partial charge on any atom is -0.344 e. The number of thiol groups is 1. The van der Waals surface area contributed by atoms with Gasteiger partial charge in [0.15, 0.2) is 0 Å². The number of carbonyl (C=O) groups excluding carboxylic acids is 2. The Labute approximate surface area is 122 Å². The molecule has 1 aromatic heterocycles. The highest BCUT2D eigenvalue weighted by atomic mass is 32.1. The first-order valence-electron chi connectivity index (χ1n) is 6.32. The molecule has 1 aliphatic rings. The molecule has 104 valence electrons. The van der Waals surface area contributed by atoms with Crippen molar-refractivity contribution >= 4 is 35.8 Å². The van der Waals surface area contributed by atoms with Gasteiger partial charge in [0.2, 0.25) is 11.8 Å². The molecule has 4 nitrogen and oxygen atoms in total. The molecular formula is C13H18N2O2S2. The lowest BCUT2D eigenvalue weighted by Gasteiger charge is -2.26. The Morgan fingerprint density at radius 1 is 1.58 bits per heavy atom. The van der Waals surface area contributed by atoms with Gasteiger partial charge < -0.3 is 10.2 Å². The van der Waals surface area contributed by atoms with E-state index in [2.05, 4.69) is 17.9 Å². The summed E-state index contributed by atoms with van der Waals surface area (Å²) >= 11 is 5.81. The van der Waals surface area contributed by atoms with Crippen molar-refractivity contribution in [3.05, 3.63) is 22.4 Å². The quantitative estimate of drug-likeness (QED) is 0.785. The van der Waals surface area contributed by atoms with E-state index in [1.54, 1.807) is 11.3 Å². The fourth-order valence-corrected chi connectivity index (χ4v) is 2.92. The first-order chi connectivity index (χ1) is 9.11. The topological polar surface area (TPSA) is 49.4 Å². The van der Waals surface area contributed by atoms with Gasteiger partial charge in [-0.25, -0.2) is 0 Å². The Bertz CT molecular complexity index is 444. The van der Waals surface area contributed by atoms with E-state index >= 15 is 0 Å².